The van der Waals surface area contributed by atoms with Gasteiger partial charge in [0.25, 0.3) is 0 Å². The highest BCUT2D eigenvalue weighted by molar-refractivity contribution is 5.83. The number of hydrogen-bond donors (Lipinski definition) is 0. The van der Waals surface area contributed by atoms with Gasteiger partial charge in [-0.3, -0.25) is 9.48 Å². The third-order valence-electron chi connectivity index (χ3n) is 5.17. The number of aromatic nitrogens is 3. The Hall–Kier alpha value is -2.37. The van der Waals surface area contributed by atoms with E-state index in [1.54, 1.807) is 19.8 Å². The van der Waals surface area contributed by atoms with Gasteiger partial charge in [0.05, 0.1) is 19.7 Å². The van der Waals surface area contributed by atoms with Crippen LogP contribution in [0.25, 0.3) is 0 Å². The second-order valence-corrected chi connectivity index (χ2v) is 6.64. The van der Waals surface area contributed by atoms with Gasteiger partial charge in [-0.05, 0) is 36.8 Å². The number of methoxy groups -OCH3 is 1. The molecule has 24 heavy (non-hydrogen) atoms. The van der Waals surface area contributed by atoms with E-state index >= 15 is 0 Å². The molecule has 2 aromatic rings. The number of carbonyl (C=O) groups is 1. The molecule has 6 heteroatoms. The van der Waals surface area contributed by atoms with Crippen LogP contribution in [0, 0.1) is 5.92 Å². The first kappa shape index (κ1) is 15.2. The summed E-state index contributed by atoms with van der Waals surface area (Å²) in [6.07, 6.45) is 6.29. The van der Waals surface area contributed by atoms with Gasteiger partial charge in [0, 0.05) is 12.5 Å². The van der Waals surface area contributed by atoms with Crippen molar-refractivity contribution in [1.29, 1.82) is 0 Å². The molecule has 1 amide bonds. The summed E-state index contributed by atoms with van der Waals surface area (Å²) in [6, 6.07) is 8.27. The summed E-state index contributed by atoms with van der Waals surface area (Å²) in [7, 11) is 1.69. The van der Waals surface area contributed by atoms with Gasteiger partial charge in [-0.1, -0.05) is 18.2 Å². The number of carbonyl (C=O) groups excluding carboxylic acids is 1. The average Bonchev–Trinajstić information content (AvgIpc) is 3.00. The molecule has 3 unspecified atom stereocenters. The molecule has 1 aromatic heterocycles. The molecule has 0 radical (unpaired) electrons. The van der Waals surface area contributed by atoms with Gasteiger partial charge in [-0.25, -0.2) is 4.98 Å². The van der Waals surface area contributed by atoms with Gasteiger partial charge in [-0.15, -0.1) is 0 Å². The van der Waals surface area contributed by atoms with E-state index in [1.807, 2.05) is 22.9 Å². The van der Waals surface area contributed by atoms with E-state index in [0.29, 0.717) is 5.92 Å². The molecule has 1 saturated heterocycles. The normalized spacial score (nSPS) is 25.7. The maximum atomic E-state index is 13.0. The minimum Gasteiger partial charge on any atom is -0.496 e. The molecule has 1 aliphatic heterocycles. The standard InChI is InChI=1S/C18H22N4O2/c1-24-17-7-3-2-6-14(17)15-9-16(15)18(23)22-8-4-5-13(22)10-21-12-19-11-20-21/h2-3,6-7,11-13,15-16H,4-5,8-10H2,1H3. The monoisotopic (exact) mass is 326 g/mol. The van der Waals surface area contributed by atoms with Gasteiger partial charge in [0.1, 0.15) is 18.4 Å². The first-order valence-corrected chi connectivity index (χ1v) is 8.53. The predicted molar refractivity (Wildman–Crippen MR) is 88.6 cm³/mol. The summed E-state index contributed by atoms with van der Waals surface area (Å²) in [6.45, 7) is 1.59. The molecule has 126 valence electrons. The third kappa shape index (κ3) is 2.77. The van der Waals surface area contributed by atoms with Crippen LogP contribution in [0.1, 0.15) is 30.7 Å². The van der Waals surface area contributed by atoms with Crippen LogP contribution in [0.4, 0.5) is 0 Å². The molecule has 6 nitrogen and oxygen atoms in total. The van der Waals surface area contributed by atoms with E-state index in [0.717, 1.165) is 43.7 Å². The summed E-state index contributed by atoms with van der Waals surface area (Å²) in [5.74, 6) is 1.56. The molecule has 3 atom stereocenters. The summed E-state index contributed by atoms with van der Waals surface area (Å²) >= 11 is 0. The SMILES string of the molecule is COc1ccccc1C1CC1C(=O)N1CCCC1Cn1cncn1. The van der Waals surface area contributed by atoms with Crippen LogP contribution in [-0.4, -0.2) is 45.3 Å². The van der Waals surface area contributed by atoms with Crippen LogP contribution >= 0.6 is 0 Å². The van der Waals surface area contributed by atoms with Crippen molar-refractivity contribution in [3.63, 3.8) is 0 Å². The molecule has 1 aromatic carbocycles. The molecule has 0 bridgehead atoms. The number of ether oxygens (including phenoxy) is 1. The largest absolute Gasteiger partial charge is 0.496 e. The lowest BCUT2D eigenvalue weighted by Crippen LogP contribution is -2.39. The minimum atomic E-state index is 0.0950. The van der Waals surface area contributed by atoms with Crippen molar-refractivity contribution in [3.05, 3.63) is 42.5 Å². The molecule has 0 N–H and O–H groups in total. The van der Waals surface area contributed by atoms with Crippen LogP contribution in [0.2, 0.25) is 0 Å². The van der Waals surface area contributed by atoms with E-state index < -0.39 is 0 Å². The molecular weight excluding hydrogens is 304 g/mol. The Labute approximate surface area is 141 Å². The summed E-state index contributed by atoms with van der Waals surface area (Å²) in [5, 5.41) is 4.17. The van der Waals surface area contributed by atoms with Crippen molar-refractivity contribution in [2.75, 3.05) is 13.7 Å². The third-order valence-corrected chi connectivity index (χ3v) is 5.17. The van der Waals surface area contributed by atoms with Crippen LogP contribution in [-0.2, 0) is 11.3 Å². The summed E-state index contributed by atoms with van der Waals surface area (Å²) in [4.78, 5) is 19.0. The van der Waals surface area contributed by atoms with E-state index in [9.17, 15) is 4.79 Å². The van der Waals surface area contributed by atoms with Gasteiger partial charge in [-0.2, -0.15) is 5.10 Å². The maximum Gasteiger partial charge on any atom is 0.226 e. The highest BCUT2D eigenvalue weighted by Gasteiger charge is 2.48. The Bertz CT molecular complexity index is 716. The van der Waals surface area contributed by atoms with Crippen molar-refractivity contribution in [3.8, 4) is 5.75 Å². The zero-order valence-electron chi connectivity index (χ0n) is 13.8. The fourth-order valence-corrected chi connectivity index (χ4v) is 3.86. The lowest BCUT2D eigenvalue weighted by atomic mass is 10.1. The topological polar surface area (TPSA) is 60.2 Å². The van der Waals surface area contributed by atoms with E-state index in [2.05, 4.69) is 21.0 Å². The number of likely N-dealkylation sites (tertiary alicyclic amines) is 1. The van der Waals surface area contributed by atoms with Gasteiger partial charge < -0.3 is 9.64 Å². The number of rotatable bonds is 5. The summed E-state index contributed by atoms with van der Waals surface area (Å²) in [5.41, 5.74) is 1.16. The quantitative estimate of drug-likeness (QED) is 0.844. The molecule has 1 saturated carbocycles. The smallest absolute Gasteiger partial charge is 0.226 e. The summed E-state index contributed by atoms with van der Waals surface area (Å²) < 4.78 is 7.27. The second kappa shape index (κ2) is 6.26. The number of para-hydroxylation sites is 1. The van der Waals surface area contributed by atoms with Crippen LogP contribution in [0.15, 0.2) is 36.9 Å². The highest BCUT2D eigenvalue weighted by atomic mass is 16.5. The average molecular weight is 326 g/mol. The molecule has 2 aliphatic rings. The van der Waals surface area contributed by atoms with E-state index in [1.165, 1.54) is 0 Å². The van der Waals surface area contributed by atoms with Crippen molar-refractivity contribution in [2.45, 2.75) is 37.8 Å². The van der Waals surface area contributed by atoms with Crippen LogP contribution < -0.4 is 4.74 Å². The van der Waals surface area contributed by atoms with Crippen molar-refractivity contribution in [1.82, 2.24) is 19.7 Å². The Balaban J connectivity index is 1.44. The van der Waals surface area contributed by atoms with Gasteiger partial charge in [0.15, 0.2) is 0 Å². The Kier molecular flexibility index (Phi) is 3.96. The van der Waals surface area contributed by atoms with E-state index in [4.69, 9.17) is 4.74 Å². The first-order chi connectivity index (χ1) is 11.8. The number of amides is 1. The molecular formula is C18H22N4O2. The fourth-order valence-electron chi connectivity index (χ4n) is 3.86. The van der Waals surface area contributed by atoms with Crippen molar-refractivity contribution < 1.29 is 9.53 Å². The fraction of sp³-hybridized carbons (Fsp3) is 0.500. The number of benzene rings is 1. The molecule has 2 heterocycles. The maximum absolute atomic E-state index is 13.0. The van der Waals surface area contributed by atoms with Gasteiger partial charge >= 0.3 is 0 Å². The molecule has 1 aliphatic carbocycles. The Morgan fingerprint density at radius 2 is 2.25 bits per heavy atom. The predicted octanol–water partition coefficient (Wildman–Crippen LogP) is 2.08. The second-order valence-electron chi connectivity index (χ2n) is 6.64. The Morgan fingerprint density at radius 3 is 3.04 bits per heavy atom. The van der Waals surface area contributed by atoms with Gasteiger partial charge in [0.2, 0.25) is 5.91 Å². The van der Waals surface area contributed by atoms with Crippen LogP contribution in [0.5, 0.6) is 5.75 Å². The Morgan fingerprint density at radius 1 is 1.38 bits per heavy atom. The molecule has 0 spiro atoms. The lowest BCUT2D eigenvalue weighted by molar-refractivity contribution is -0.133. The number of nitrogens with zero attached hydrogens (tertiary/aromatic N) is 4. The first-order valence-electron chi connectivity index (χ1n) is 8.53. The molecule has 2 fully saturated rings. The lowest BCUT2D eigenvalue weighted by Gasteiger charge is -2.25. The van der Waals surface area contributed by atoms with Crippen LogP contribution in [0.3, 0.4) is 0 Å². The minimum absolute atomic E-state index is 0.0950. The number of hydrogen-bond acceptors (Lipinski definition) is 4. The highest BCUT2D eigenvalue weighted by Crippen LogP contribution is 2.51. The van der Waals surface area contributed by atoms with E-state index in [-0.39, 0.29) is 17.9 Å². The zero-order chi connectivity index (χ0) is 16.5. The zero-order valence-corrected chi connectivity index (χ0v) is 13.8. The molecule has 4 rings (SSSR count). The van der Waals surface area contributed by atoms with Crippen molar-refractivity contribution in [2.24, 2.45) is 5.92 Å². The van der Waals surface area contributed by atoms with Crippen molar-refractivity contribution >= 4 is 5.91 Å².